The molecule has 0 saturated carbocycles. The second kappa shape index (κ2) is 5.97. The molecule has 1 aromatic carbocycles. The van der Waals surface area contributed by atoms with E-state index in [0.717, 1.165) is 0 Å². The zero-order chi connectivity index (χ0) is 15.6. The average molecular weight is 309 g/mol. The van der Waals surface area contributed by atoms with Crippen LogP contribution in [0.4, 0.5) is 5.82 Å². The first-order valence-corrected chi connectivity index (χ1v) is 8.05. The van der Waals surface area contributed by atoms with Gasteiger partial charge in [0.05, 0.1) is 16.5 Å². The standard InChI is InChI=1S/C14H19N3O3S/c1-10(18)7-8-17(2)21(19,20)12-4-5-13-11(9-12)3-6-14(15)16-13/h3-6,9-10,18H,7-8H2,1-2H3,(H2,15,16). The number of aliphatic hydroxyl groups excluding tert-OH is 1. The Hall–Kier alpha value is -1.70. The second-order valence-electron chi connectivity index (χ2n) is 5.05. The number of hydrogen-bond acceptors (Lipinski definition) is 5. The number of benzene rings is 1. The average Bonchev–Trinajstić information content (AvgIpc) is 2.43. The van der Waals surface area contributed by atoms with E-state index < -0.39 is 16.1 Å². The lowest BCUT2D eigenvalue weighted by Crippen LogP contribution is -2.29. The topological polar surface area (TPSA) is 96.5 Å². The van der Waals surface area contributed by atoms with E-state index in [2.05, 4.69) is 4.98 Å². The van der Waals surface area contributed by atoms with Crippen molar-refractivity contribution >= 4 is 26.7 Å². The lowest BCUT2D eigenvalue weighted by molar-refractivity contribution is 0.177. The van der Waals surface area contributed by atoms with E-state index in [1.165, 1.54) is 17.4 Å². The van der Waals surface area contributed by atoms with Gasteiger partial charge in [-0.15, -0.1) is 0 Å². The number of anilines is 1. The van der Waals surface area contributed by atoms with Crippen LogP contribution in [0.25, 0.3) is 10.9 Å². The highest BCUT2D eigenvalue weighted by Gasteiger charge is 2.21. The predicted molar refractivity (Wildman–Crippen MR) is 82.3 cm³/mol. The number of rotatable bonds is 5. The molecule has 0 aliphatic heterocycles. The zero-order valence-electron chi connectivity index (χ0n) is 12.0. The molecule has 2 rings (SSSR count). The number of nitrogens with zero attached hydrogens (tertiary/aromatic N) is 2. The fourth-order valence-electron chi connectivity index (χ4n) is 1.95. The summed E-state index contributed by atoms with van der Waals surface area (Å²) in [6.45, 7) is 1.89. The molecule has 1 aromatic heterocycles. The summed E-state index contributed by atoms with van der Waals surface area (Å²) < 4.78 is 26.2. The summed E-state index contributed by atoms with van der Waals surface area (Å²) in [5, 5.41) is 9.98. The molecule has 6 nitrogen and oxygen atoms in total. The van der Waals surface area contributed by atoms with Gasteiger partial charge in [0.25, 0.3) is 0 Å². The van der Waals surface area contributed by atoms with Crippen molar-refractivity contribution in [3.05, 3.63) is 30.3 Å². The molecule has 1 heterocycles. The molecule has 0 fully saturated rings. The molecule has 21 heavy (non-hydrogen) atoms. The van der Waals surface area contributed by atoms with Crippen LogP contribution in [0.3, 0.4) is 0 Å². The molecule has 1 atom stereocenters. The summed E-state index contributed by atoms with van der Waals surface area (Å²) in [6, 6.07) is 8.11. The number of pyridine rings is 1. The molecule has 0 saturated heterocycles. The Balaban J connectivity index is 2.33. The summed E-state index contributed by atoms with van der Waals surface area (Å²) in [5.41, 5.74) is 6.26. The van der Waals surface area contributed by atoms with Crippen LogP contribution in [0.15, 0.2) is 35.2 Å². The van der Waals surface area contributed by atoms with Gasteiger partial charge in [-0.2, -0.15) is 0 Å². The van der Waals surface area contributed by atoms with Gasteiger partial charge in [0.1, 0.15) is 5.82 Å². The molecule has 2 aromatic rings. The highest BCUT2D eigenvalue weighted by molar-refractivity contribution is 7.89. The Bertz CT molecular complexity index is 744. The van der Waals surface area contributed by atoms with Crippen molar-refractivity contribution in [2.45, 2.75) is 24.3 Å². The zero-order valence-corrected chi connectivity index (χ0v) is 12.8. The minimum absolute atomic E-state index is 0.203. The summed E-state index contributed by atoms with van der Waals surface area (Å²) in [7, 11) is -2.07. The Kier molecular flexibility index (Phi) is 4.46. The number of nitrogen functional groups attached to an aromatic ring is 1. The van der Waals surface area contributed by atoms with E-state index in [1.807, 2.05) is 0 Å². The third-order valence-corrected chi connectivity index (χ3v) is 5.11. The van der Waals surface area contributed by atoms with E-state index in [1.54, 1.807) is 31.2 Å². The lowest BCUT2D eigenvalue weighted by atomic mass is 10.2. The van der Waals surface area contributed by atoms with E-state index in [0.29, 0.717) is 23.1 Å². The molecular formula is C14H19N3O3S. The van der Waals surface area contributed by atoms with Gasteiger partial charge in [-0.25, -0.2) is 17.7 Å². The number of sulfonamides is 1. The Morgan fingerprint density at radius 1 is 1.33 bits per heavy atom. The maximum Gasteiger partial charge on any atom is 0.242 e. The van der Waals surface area contributed by atoms with Crippen LogP contribution in [0, 0.1) is 0 Å². The molecule has 0 radical (unpaired) electrons. The monoisotopic (exact) mass is 309 g/mol. The van der Waals surface area contributed by atoms with Crippen LogP contribution >= 0.6 is 0 Å². The number of aliphatic hydroxyl groups is 1. The van der Waals surface area contributed by atoms with Crippen LogP contribution in [0.1, 0.15) is 13.3 Å². The van der Waals surface area contributed by atoms with Crippen molar-refractivity contribution in [1.29, 1.82) is 0 Å². The second-order valence-corrected chi connectivity index (χ2v) is 7.10. The molecule has 0 aliphatic rings. The van der Waals surface area contributed by atoms with Crippen molar-refractivity contribution in [3.8, 4) is 0 Å². The molecule has 0 aliphatic carbocycles. The third-order valence-electron chi connectivity index (χ3n) is 3.25. The van der Waals surface area contributed by atoms with Crippen LogP contribution in [-0.2, 0) is 10.0 Å². The van der Waals surface area contributed by atoms with Gasteiger partial charge in [0, 0.05) is 19.0 Å². The Labute approximate surface area is 124 Å². The van der Waals surface area contributed by atoms with Gasteiger partial charge in [-0.05, 0) is 43.7 Å². The van der Waals surface area contributed by atoms with E-state index >= 15 is 0 Å². The van der Waals surface area contributed by atoms with Gasteiger partial charge in [0.2, 0.25) is 10.0 Å². The molecular weight excluding hydrogens is 290 g/mol. The van der Waals surface area contributed by atoms with Crippen molar-refractivity contribution in [1.82, 2.24) is 9.29 Å². The Morgan fingerprint density at radius 2 is 2.05 bits per heavy atom. The first-order chi connectivity index (χ1) is 9.80. The van der Waals surface area contributed by atoms with E-state index in [-0.39, 0.29) is 11.4 Å². The molecule has 0 spiro atoms. The van der Waals surface area contributed by atoms with E-state index in [4.69, 9.17) is 5.73 Å². The van der Waals surface area contributed by atoms with E-state index in [9.17, 15) is 13.5 Å². The SMILES string of the molecule is CC(O)CCN(C)S(=O)(=O)c1ccc2nc(N)ccc2c1. The Morgan fingerprint density at radius 3 is 2.71 bits per heavy atom. The quantitative estimate of drug-likeness (QED) is 0.865. The maximum absolute atomic E-state index is 12.5. The van der Waals surface area contributed by atoms with Crippen LogP contribution in [0.5, 0.6) is 0 Å². The molecule has 7 heteroatoms. The fourth-order valence-corrected chi connectivity index (χ4v) is 3.17. The first kappa shape index (κ1) is 15.7. The summed E-state index contributed by atoms with van der Waals surface area (Å²) in [4.78, 5) is 4.34. The van der Waals surface area contributed by atoms with Crippen molar-refractivity contribution in [3.63, 3.8) is 0 Å². The molecule has 0 amide bonds. The fraction of sp³-hybridized carbons (Fsp3) is 0.357. The summed E-state index contributed by atoms with van der Waals surface area (Å²) in [6.07, 6.45) is -0.145. The largest absolute Gasteiger partial charge is 0.393 e. The summed E-state index contributed by atoms with van der Waals surface area (Å²) >= 11 is 0. The molecule has 114 valence electrons. The molecule has 3 N–H and O–H groups in total. The number of nitrogens with two attached hydrogens (primary N) is 1. The first-order valence-electron chi connectivity index (χ1n) is 6.61. The van der Waals surface area contributed by atoms with Crippen molar-refractivity contribution in [2.75, 3.05) is 19.3 Å². The van der Waals surface area contributed by atoms with Crippen molar-refractivity contribution in [2.24, 2.45) is 0 Å². The van der Waals surface area contributed by atoms with Gasteiger partial charge < -0.3 is 10.8 Å². The minimum atomic E-state index is -3.57. The molecule has 1 unspecified atom stereocenters. The predicted octanol–water partition coefficient (Wildman–Crippen LogP) is 1.21. The highest BCUT2D eigenvalue weighted by Crippen LogP contribution is 2.21. The number of aromatic nitrogens is 1. The minimum Gasteiger partial charge on any atom is -0.393 e. The summed E-state index contributed by atoms with van der Waals surface area (Å²) in [5.74, 6) is 0.396. The van der Waals surface area contributed by atoms with Crippen molar-refractivity contribution < 1.29 is 13.5 Å². The highest BCUT2D eigenvalue weighted by atomic mass is 32.2. The molecule has 0 bridgehead atoms. The normalized spacial score (nSPS) is 13.7. The number of fused-ring (bicyclic) bond motifs is 1. The number of hydrogen-bond donors (Lipinski definition) is 2. The smallest absolute Gasteiger partial charge is 0.242 e. The van der Waals surface area contributed by atoms with Gasteiger partial charge in [0.15, 0.2) is 0 Å². The third kappa shape index (κ3) is 3.49. The van der Waals surface area contributed by atoms with Gasteiger partial charge in [-0.1, -0.05) is 0 Å². The van der Waals surface area contributed by atoms with Crippen LogP contribution in [-0.4, -0.2) is 42.5 Å². The van der Waals surface area contributed by atoms with Gasteiger partial charge >= 0.3 is 0 Å². The maximum atomic E-state index is 12.5. The van der Waals surface area contributed by atoms with Gasteiger partial charge in [-0.3, -0.25) is 0 Å². The van der Waals surface area contributed by atoms with Crippen LogP contribution in [0.2, 0.25) is 0 Å². The lowest BCUT2D eigenvalue weighted by Gasteiger charge is -2.18. The van der Waals surface area contributed by atoms with Crippen LogP contribution < -0.4 is 5.73 Å².